The number of thiazole rings is 1. The fourth-order valence-corrected chi connectivity index (χ4v) is 4.42. The summed E-state index contributed by atoms with van der Waals surface area (Å²) in [6.45, 7) is 11.8. The van der Waals surface area contributed by atoms with E-state index in [0.29, 0.717) is 17.4 Å². The summed E-state index contributed by atoms with van der Waals surface area (Å²) in [5.74, 6) is 0.418. The second-order valence-electron chi connectivity index (χ2n) is 9.49. The van der Waals surface area contributed by atoms with Crippen LogP contribution < -0.4 is 10.6 Å². The minimum Gasteiger partial charge on any atom is -0.347 e. The van der Waals surface area contributed by atoms with Crippen molar-refractivity contribution in [3.63, 3.8) is 0 Å². The lowest BCUT2D eigenvalue weighted by molar-refractivity contribution is 0.0954. The van der Waals surface area contributed by atoms with Gasteiger partial charge in [-0.15, -0.1) is 11.3 Å². The molecule has 0 spiro atoms. The van der Waals surface area contributed by atoms with Gasteiger partial charge in [0, 0.05) is 36.5 Å². The van der Waals surface area contributed by atoms with Crippen molar-refractivity contribution >= 4 is 28.9 Å². The standard InChI is InChI=1S/C26H31N7OS/c1-6-11-33-16-20(14-30-33)31-25-27-10-9-21(32-25)18-7-8-19(17(2)12-18)13-28-23(34)22-15-29-24(35-22)26(3,4)5/h7-10,12,14-16H,6,11,13H2,1-5H3,(H,28,34)(H,27,31,32). The van der Waals surface area contributed by atoms with Crippen LogP contribution in [0.2, 0.25) is 0 Å². The van der Waals surface area contributed by atoms with Gasteiger partial charge in [-0.05, 0) is 36.6 Å². The number of benzene rings is 1. The van der Waals surface area contributed by atoms with E-state index in [-0.39, 0.29) is 11.3 Å². The minimum absolute atomic E-state index is 0.0664. The van der Waals surface area contributed by atoms with Gasteiger partial charge in [0.25, 0.3) is 5.91 Å². The van der Waals surface area contributed by atoms with Crippen molar-refractivity contribution in [1.82, 2.24) is 30.0 Å². The first-order valence-electron chi connectivity index (χ1n) is 11.7. The van der Waals surface area contributed by atoms with Crippen LogP contribution in [-0.4, -0.2) is 30.6 Å². The highest BCUT2D eigenvalue weighted by atomic mass is 32.1. The summed E-state index contributed by atoms with van der Waals surface area (Å²) >= 11 is 1.44. The van der Waals surface area contributed by atoms with Crippen molar-refractivity contribution in [3.8, 4) is 11.3 Å². The molecule has 0 bridgehead atoms. The number of nitrogens with zero attached hydrogens (tertiary/aromatic N) is 5. The first kappa shape index (κ1) is 24.5. The van der Waals surface area contributed by atoms with Crippen molar-refractivity contribution in [1.29, 1.82) is 0 Å². The number of aryl methyl sites for hydroxylation is 2. The van der Waals surface area contributed by atoms with E-state index < -0.39 is 0 Å². The van der Waals surface area contributed by atoms with Crippen molar-refractivity contribution in [3.05, 3.63) is 70.1 Å². The molecule has 1 aromatic carbocycles. The number of carbonyl (C=O) groups is 1. The molecule has 0 fully saturated rings. The Hall–Kier alpha value is -3.59. The van der Waals surface area contributed by atoms with E-state index in [2.05, 4.69) is 64.4 Å². The van der Waals surface area contributed by atoms with Gasteiger partial charge in [-0.2, -0.15) is 5.10 Å². The van der Waals surface area contributed by atoms with E-state index in [0.717, 1.165) is 46.0 Å². The Morgan fingerprint density at radius 2 is 1.97 bits per heavy atom. The Kier molecular flexibility index (Phi) is 7.25. The zero-order valence-electron chi connectivity index (χ0n) is 20.8. The molecule has 3 heterocycles. The van der Waals surface area contributed by atoms with Crippen molar-refractivity contribution in [2.24, 2.45) is 0 Å². The van der Waals surface area contributed by atoms with Crippen molar-refractivity contribution < 1.29 is 4.79 Å². The summed E-state index contributed by atoms with van der Waals surface area (Å²) in [7, 11) is 0. The number of anilines is 2. The molecule has 9 heteroatoms. The highest BCUT2D eigenvalue weighted by Gasteiger charge is 2.20. The Balaban J connectivity index is 1.42. The molecule has 0 radical (unpaired) electrons. The molecule has 0 aliphatic rings. The van der Waals surface area contributed by atoms with Crippen molar-refractivity contribution in [2.45, 2.75) is 59.5 Å². The van der Waals surface area contributed by atoms with Crippen LogP contribution in [0.4, 0.5) is 11.6 Å². The molecular formula is C26H31N7OS. The van der Waals surface area contributed by atoms with Gasteiger partial charge in [-0.25, -0.2) is 15.0 Å². The third-order valence-corrected chi connectivity index (χ3v) is 6.87. The fourth-order valence-electron chi connectivity index (χ4n) is 3.53. The molecule has 0 saturated carbocycles. The van der Waals surface area contributed by atoms with Gasteiger partial charge in [-0.1, -0.05) is 39.8 Å². The average molecular weight is 490 g/mol. The van der Waals surface area contributed by atoms with Gasteiger partial charge in [0.15, 0.2) is 0 Å². The third kappa shape index (κ3) is 6.10. The molecule has 35 heavy (non-hydrogen) atoms. The van der Waals surface area contributed by atoms with Gasteiger partial charge >= 0.3 is 0 Å². The molecule has 0 unspecified atom stereocenters. The predicted molar refractivity (Wildman–Crippen MR) is 140 cm³/mol. The third-order valence-electron chi connectivity index (χ3n) is 5.45. The number of hydrogen-bond donors (Lipinski definition) is 2. The van der Waals surface area contributed by atoms with Crippen LogP contribution in [0.3, 0.4) is 0 Å². The molecule has 3 aromatic heterocycles. The maximum absolute atomic E-state index is 12.6. The molecule has 8 nitrogen and oxygen atoms in total. The normalized spacial score (nSPS) is 11.5. The van der Waals surface area contributed by atoms with Crippen LogP contribution >= 0.6 is 11.3 Å². The zero-order chi connectivity index (χ0) is 25.0. The largest absolute Gasteiger partial charge is 0.347 e. The molecule has 0 saturated heterocycles. The molecule has 1 amide bonds. The first-order valence-corrected chi connectivity index (χ1v) is 12.5. The summed E-state index contributed by atoms with van der Waals surface area (Å²) in [5, 5.41) is 11.5. The van der Waals surface area contributed by atoms with Crippen LogP contribution in [0, 0.1) is 6.92 Å². The summed E-state index contributed by atoms with van der Waals surface area (Å²) in [6.07, 6.45) is 8.14. The number of carbonyl (C=O) groups excluding carboxylic acids is 1. The highest BCUT2D eigenvalue weighted by Crippen LogP contribution is 2.27. The van der Waals surface area contributed by atoms with Gasteiger partial charge in [-0.3, -0.25) is 9.48 Å². The molecule has 2 N–H and O–H groups in total. The SMILES string of the molecule is CCCn1cc(Nc2nccc(-c3ccc(CNC(=O)c4cnc(C(C)(C)C)s4)c(C)c3)n2)cn1. The van der Waals surface area contributed by atoms with Crippen LogP contribution in [0.15, 0.2) is 49.1 Å². The Morgan fingerprint density at radius 3 is 2.69 bits per heavy atom. The summed E-state index contributed by atoms with van der Waals surface area (Å²) in [4.78, 5) is 26.7. The molecular weight excluding hydrogens is 458 g/mol. The van der Waals surface area contributed by atoms with Crippen LogP contribution in [0.25, 0.3) is 11.3 Å². The summed E-state index contributed by atoms with van der Waals surface area (Å²) < 4.78 is 1.89. The predicted octanol–water partition coefficient (Wildman–Crippen LogP) is 5.49. The van der Waals surface area contributed by atoms with Crippen molar-refractivity contribution in [2.75, 3.05) is 5.32 Å². The van der Waals surface area contributed by atoms with E-state index in [9.17, 15) is 4.79 Å². The lowest BCUT2D eigenvalue weighted by Gasteiger charge is -2.13. The monoisotopic (exact) mass is 489 g/mol. The molecule has 4 aromatic rings. The van der Waals surface area contributed by atoms with Crippen LogP contribution in [0.1, 0.15) is 59.9 Å². The molecule has 0 aliphatic heterocycles. The molecule has 4 rings (SSSR count). The zero-order valence-corrected chi connectivity index (χ0v) is 21.6. The van der Waals surface area contributed by atoms with Gasteiger partial charge in [0.2, 0.25) is 5.95 Å². The molecule has 0 atom stereocenters. The number of hydrogen-bond acceptors (Lipinski definition) is 7. The Bertz CT molecular complexity index is 1320. The fraction of sp³-hybridized carbons (Fsp3) is 0.346. The van der Waals surface area contributed by atoms with E-state index >= 15 is 0 Å². The van der Waals surface area contributed by atoms with Gasteiger partial charge in [0.1, 0.15) is 4.88 Å². The Morgan fingerprint density at radius 1 is 1.14 bits per heavy atom. The topological polar surface area (TPSA) is 97.6 Å². The Labute approximate surface area is 209 Å². The lowest BCUT2D eigenvalue weighted by atomic mass is 9.98. The van der Waals surface area contributed by atoms with E-state index in [1.165, 1.54) is 11.3 Å². The van der Waals surface area contributed by atoms with E-state index in [1.54, 1.807) is 18.6 Å². The maximum Gasteiger partial charge on any atom is 0.263 e. The van der Waals surface area contributed by atoms with Gasteiger partial charge < -0.3 is 10.6 Å². The number of amides is 1. The van der Waals surface area contributed by atoms with E-state index in [1.807, 2.05) is 36.0 Å². The number of aromatic nitrogens is 5. The van der Waals surface area contributed by atoms with Crippen LogP contribution in [-0.2, 0) is 18.5 Å². The average Bonchev–Trinajstić information content (AvgIpc) is 3.49. The smallest absolute Gasteiger partial charge is 0.263 e. The number of rotatable bonds is 8. The number of nitrogens with one attached hydrogen (secondary N) is 2. The lowest BCUT2D eigenvalue weighted by Crippen LogP contribution is -2.22. The molecule has 0 aliphatic carbocycles. The summed E-state index contributed by atoms with van der Waals surface area (Å²) in [5.41, 5.74) is 4.73. The maximum atomic E-state index is 12.6. The minimum atomic E-state index is -0.102. The highest BCUT2D eigenvalue weighted by molar-refractivity contribution is 7.13. The van der Waals surface area contributed by atoms with Gasteiger partial charge in [0.05, 0.1) is 28.8 Å². The molecule has 182 valence electrons. The quantitative estimate of drug-likeness (QED) is 0.340. The first-order chi connectivity index (χ1) is 16.7. The second-order valence-corrected chi connectivity index (χ2v) is 10.5. The second kappa shape index (κ2) is 10.4. The van der Waals surface area contributed by atoms with E-state index in [4.69, 9.17) is 0 Å². The van der Waals surface area contributed by atoms with Crippen LogP contribution in [0.5, 0.6) is 0 Å². The summed E-state index contributed by atoms with van der Waals surface area (Å²) in [6, 6.07) is 8.02.